The van der Waals surface area contributed by atoms with E-state index >= 15 is 0 Å². The summed E-state index contributed by atoms with van der Waals surface area (Å²) in [6, 6.07) is 15.0. The first-order chi connectivity index (χ1) is 13.9. The van der Waals surface area contributed by atoms with Gasteiger partial charge < -0.3 is 10.2 Å². The third kappa shape index (κ3) is 7.09. The Morgan fingerprint density at radius 3 is 2.41 bits per heavy atom. The van der Waals surface area contributed by atoms with E-state index in [1.807, 2.05) is 37.3 Å². The van der Waals surface area contributed by atoms with Crippen molar-refractivity contribution in [3.63, 3.8) is 0 Å². The van der Waals surface area contributed by atoms with Crippen molar-refractivity contribution in [3.05, 3.63) is 70.2 Å². The molecule has 0 aromatic heterocycles. The third-order valence-electron chi connectivity index (χ3n) is 4.76. The number of aryl methyl sites for hydroxylation is 1. The van der Waals surface area contributed by atoms with Gasteiger partial charge in [-0.05, 0) is 43.0 Å². The zero-order valence-electron chi connectivity index (χ0n) is 17.3. The number of nitrogens with zero attached hydrogens (tertiary/aromatic N) is 1. The number of nitrogens with one attached hydrogen (secondary N) is 1. The van der Waals surface area contributed by atoms with Gasteiger partial charge in [-0.2, -0.15) is 0 Å². The summed E-state index contributed by atoms with van der Waals surface area (Å²) in [5.41, 5.74) is 3.27. The van der Waals surface area contributed by atoms with Gasteiger partial charge >= 0.3 is 0 Å². The summed E-state index contributed by atoms with van der Waals surface area (Å²) in [4.78, 5) is 27.2. The molecule has 0 aliphatic rings. The van der Waals surface area contributed by atoms with Crippen LogP contribution in [-0.4, -0.2) is 35.1 Å². The second-order valence-electron chi connectivity index (χ2n) is 7.00. The monoisotopic (exact) mass is 432 g/mol. The Balaban J connectivity index is 2.08. The zero-order chi connectivity index (χ0) is 21.2. The quantitative estimate of drug-likeness (QED) is 0.585. The second kappa shape index (κ2) is 11.9. The number of rotatable bonds is 10. The lowest BCUT2D eigenvalue weighted by molar-refractivity contribution is -0.138. The van der Waals surface area contributed by atoms with Crippen molar-refractivity contribution in [3.8, 4) is 0 Å². The molecule has 156 valence electrons. The highest BCUT2D eigenvalue weighted by molar-refractivity contribution is 7.99. The molecule has 1 unspecified atom stereocenters. The molecule has 0 aliphatic heterocycles. The van der Waals surface area contributed by atoms with Crippen LogP contribution in [0.1, 0.15) is 37.0 Å². The van der Waals surface area contributed by atoms with E-state index in [-0.39, 0.29) is 11.8 Å². The highest BCUT2D eigenvalue weighted by Gasteiger charge is 2.26. The molecule has 0 fully saturated rings. The average molecular weight is 433 g/mol. The van der Waals surface area contributed by atoms with Crippen LogP contribution >= 0.6 is 23.4 Å². The summed E-state index contributed by atoms with van der Waals surface area (Å²) < 4.78 is 0. The van der Waals surface area contributed by atoms with Gasteiger partial charge in [0.15, 0.2) is 0 Å². The van der Waals surface area contributed by atoms with Gasteiger partial charge in [0.25, 0.3) is 0 Å². The number of hydrogen-bond donors (Lipinski definition) is 1. The minimum Gasteiger partial charge on any atom is -0.354 e. The maximum Gasteiger partial charge on any atom is 0.242 e. The van der Waals surface area contributed by atoms with Gasteiger partial charge in [-0.25, -0.2) is 0 Å². The first-order valence-electron chi connectivity index (χ1n) is 9.86. The van der Waals surface area contributed by atoms with Crippen LogP contribution in [0, 0.1) is 6.92 Å². The van der Waals surface area contributed by atoms with Crippen molar-refractivity contribution in [1.82, 2.24) is 10.2 Å². The highest BCUT2D eigenvalue weighted by atomic mass is 35.5. The number of carbonyl (C=O) groups excluding carboxylic acids is 2. The van der Waals surface area contributed by atoms with Gasteiger partial charge in [0.1, 0.15) is 6.04 Å². The van der Waals surface area contributed by atoms with E-state index in [0.717, 1.165) is 17.7 Å². The first kappa shape index (κ1) is 23.3. The predicted molar refractivity (Wildman–Crippen MR) is 122 cm³/mol. The van der Waals surface area contributed by atoms with E-state index in [2.05, 4.69) is 24.4 Å². The van der Waals surface area contributed by atoms with Crippen LogP contribution in [0.25, 0.3) is 0 Å². The van der Waals surface area contributed by atoms with Gasteiger partial charge in [0.2, 0.25) is 11.8 Å². The summed E-state index contributed by atoms with van der Waals surface area (Å²) in [6.07, 6.45) is 0.850. The largest absolute Gasteiger partial charge is 0.354 e. The minimum atomic E-state index is -0.565. The second-order valence-corrected chi connectivity index (χ2v) is 8.39. The van der Waals surface area contributed by atoms with Crippen molar-refractivity contribution in [2.75, 3.05) is 12.3 Å². The lowest BCUT2D eigenvalue weighted by Crippen LogP contribution is -2.48. The fraction of sp³-hybridized carbons (Fsp3) is 0.391. The Kier molecular flexibility index (Phi) is 9.55. The molecule has 1 N–H and O–H groups in total. The van der Waals surface area contributed by atoms with Gasteiger partial charge in [-0.15, -0.1) is 11.8 Å². The van der Waals surface area contributed by atoms with Crippen LogP contribution in [0.5, 0.6) is 0 Å². The molecule has 2 rings (SSSR count). The molecule has 1 atom stereocenters. The molecule has 0 bridgehead atoms. The summed E-state index contributed by atoms with van der Waals surface area (Å²) in [5, 5.41) is 3.48. The molecule has 0 spiro atoms. The zero-order valence-corrected chi connectivity index (χ0v) is 18.9. The summed E-state index contributed by atoms with van der Waals surface area (Å²) in [5.74, 6) is 0.859. The van der Waals surface area contributed by atoms with Crippen LogP contribution in [0.2, 0.25) is 5.02 Å². The van der Waals surface area contributed by atoms with E-state index in [1.165, 1.54) is 11.1 Å². The molecule has 2 aromatic carbocycles. The molecule has 29 heavy (non-hydrogen) atoms. The van der Waals surface area contributed by atoms with Crippen molar-refractivity contribution in [2.24, 2.45) is 0 Å². The molecule has 6 heteroatoms. The van der Waals surface area contributed by atoms with Gasteiger partial charge in [0, 0.05) is 23.9 Å². The van der Waals surface area contributed by atoms with Crippen molar-refractivity contribution in [1.29, 1.82) is 0 Å². The molecule has 0 aliphatic carbocycles. The summed E-state index contributed by atoms with van der Waals surface area (Å²) in [6.45, 7) is 6.75. The SMILES string of the molecule is CCCNC(=O)C(C)N(Cc1ccccc1Cl)C(=O)CSCc1ccccc1C. The van der Waals surface area contributed by atoms with Crippen LogP contribution < -0.4 is 5.32 Å². The number of thioether (sulfide) groups is 1. The van der Waals surface area contributed by atoms with E-state index in [4.69, 9.17) is 11.6 Å². The maximum atomic E-state index is 13.0. The lowest BCUT2D eigenvalue weighted by Gasteiger charge is -2.29. The van der Waals surface area contributed by atoms with Crippen molar-refractivity contribution < 1.29 is 9.59 Å². The van der Waals surface area contributed by atoms with Crippen LogP contribution in [0.3, 0.4) is 0 Å². The Morgan fingerprint density at radius 2 is 1.76 bits per heavy atom. The molecule has 0 saturated carbocycles. The van der Waals surface area contributed by atoms with Gasteiger partial charge in [0.05, 0.1) is 5.75 Å². The molecule has 0 heterocycles. The lowest BCUT2D eigenvalue weighted by atomic mass is 10.1. The third-order valence-corrected chi connectivity index (χ3v) is 6.09. The van der Waals surface area contributed by atoms with Gasteiger partial charge in [-0.1, -0.05) is 61.0 Å². The Morgan fingerprint density at radius 1 is 1.10 bits per heavy atom. The topological polar surface area (TPSA) is 49.4 Å². The van der Waals surface area contributed by atoms with Gasteiger partial charge in [-0.3, -0.25) is 9.59 Å². The molecular weight excluding hydrogens is 404 g/mol. The molecule has 0 saturated heterocycles. The fourth-order valence-electron chi connectivity index (χ4n) is 2.89. The molecule has 4 nitrogen and oxygen atoms in total. The Labute approximate surface area is 183 Å². The smallest absolute Gasteiger partial charge is 0.242 e. The number of halogens is 1. The summed E-state index contributed by atoms with van der Waals surface area (Å²) >= 11 is 7.86. The molecule has 2 aromatic rings. The fourth-order valence-corrected chi connectivity index (χ4v) is 4.07. The highest BCUT2D eigenvalue weighted by Crippen LogP contribution is 2.21. The average Bonchev–Trinajstić information content (AvgIpc) is 2.72. The van der Waals surface area contributed by atoms with E-state index in [9.17, 15) is 9.59 Å². The molecule has 2 amide bonds. The van der Waals surface area contributed by atoms with E-state index < -0.39 is 6.04 Å². The minimum absolute atomic E-state index is 0.0670. The Hall–Kier alpha value is -1.98. The van der Waals surface area contributed by atoms with Crippen LogP contribution in [0.4, 0.5) is 0 Å². The van der Waals surface area contributed by atoms with Crippen LogP contribution in [-0.2, 0) is 21.9 Å². The number of hydrogen-bond acceptors (Lipinski definition) is 3. The number of carbonyl (C=O) groups is 2. The van der Waals surface area contributed by atoms with Crippen molar-refractivity contribution in [2.45, 2.75) is 45.5 Å². The maximum absolute atomic E-state index is 13.0. The number of amides is 2. The first-order valence-corrected chi connectivity index (χ1v) is 11.4. The standard InChI is InChI=1S/C23H29ClN2O2S/c1-4-13-25-23(28)18(3)26(14-19-10-7-8-12-21(19)24)22(27)16-29-15-20-11-6-5-9-17(20)2/h5-12,18H,4,13-16H2,1-3H3,(H,25,28). The summed E-state index contributed by atoms with van der Waals surface area (Å²) in [7, 11) is 0. The molecule has 0 radical (unpaired) electrons. The predicted octanol–water partition coefficient (Wildman–Crippen LogP) is 4.83. The van der Waals surface area contributed by atoms with Crippen molar-refractivity contribution >= 4 is 35.2 Å². The van der Waals surface area contributed by atoms with Crippen LogP contribution in [0.15, 0.2) is 48.5 Å². The number of benzene rings is 2. The van der Waals surface area contributed by atoms with E-state index in [1.54, 1.807) is 29.7 Å². The molecular formula is C23H29ClN2O2S. The Bertz CT molecular complexity index is 828. The van der Waals surface area contributed by atoms with E-state index in [0.29, 0.717) is 23.9 Å². The normalized spacial score (nSPS) is 11.7.